The van der Waals surface area contributed by atoms with Crippen LogP contribution < -0.4 is 0 Å². The van der Waals surface area contributed by atoms with Crippen molar-refractivity contribution in [3.8, 4) is 0 Å². The molecule has 0 radical (unpaired) electrons. The molecular weight excluding hydrogens is 335 g/mol. The van der Waals surface area contributed by atoms with E-state index in [0.29, 0.717) is 12.3 Å². The van der Waals surface area contributed by atoms with Crippen LogP contribution in [-0.4, -0.2) is 28.3 Å². The summed E-state index contributed by atoms with van der Waals surface area (Å²) >= 11 is 0. The molecule has 1 saturated carbocycles. The second-order valence-corrected chi connectivity index (χ2v) is 7.18. The number of carbonyl (C=O) groups is 2. The molecule has 0 spiro atoms. The second-order valence-electron chi connectivity index (χ2n) is 7.18. The summed E-state index contributed by atoms with van der Waals surface area (Å²) in [4.78, 5) is 22.0. The predicted molar refractivity (Wildman–Crippen MR) is 101 cm³/mol. The summed E-state index contributed by atoms with van der Waals surface area (Å²) in [6.07, 6.45) is 14.5. The smallest absolute Gasteiger partial charge is 0.338 e. The van der Waals surface area contributed by atoms with E-state index in [-0.39, 0.29) is 18.3 Å². The number of hydrogen-bond donors (Lipinski definition) is 2. The van der Waals surface area contributed by atoms with Crippen molar-refractivity contribution in [1.82, 2.24) is 0 Å². The minimum absolute atomic E-state index is 0.0387. The molecule has 0 aromatic heterocycles. The van der Waals surface area contributed by atoms with Gasteiger partial charge in [0.15, 0.2) is 6.17 Å². The Morgan fingerprint density at radius 3 is 2.46 bits per heavy atom. The molecule has 2 unspecified atom stereocenters. The van der Waals surface area contributed by atoms with E-state index in [0.717, 1.165) is 51.4 Å². The fraction of sp³-hybridized carbons (Fsp3) is 0.714. The number of aliphatic carboxylic acids is 2. The van der Waals surface area contributed by atoms with Crippen LogP contribution in [0.3, 0.4) is 0 Å². The number of halogens is 1. The first-order valence-corrected chi connectivity index (χ1v) is 9.88. The number of unbranched alkanes of at least 4 members (excludes halogenated alkanes) is 3. The molecule has 0 aromatic rings. The van der Waals surface area contributed by atoms with Gasteiger partial charge in [0.05, 0.1) is 5.92 Å². The van der Waals surface area contributed by atoms with Crippen LogP contribution >= 0.6 is 0 Å². The van der Waals surface area contributed by atoms with Gasteiger partial charge in [-0.3, -0.25) is 4.79 Å². The topological polar surface area (TPSA) is 74.6 Å². The first-order chi connectivity index (χ1) is 12.5. The van der Waals surface area contributed by atoms with Gasteiger partial charge in [-0.2, -0.15) is 0 Å². The quantitative estimate of drug-likeness (QED) is 0.338. The molecule has 4 atom stereocenters. The highest BCUT2D eigenvalue weighted by Gasteiger charge is 2.38. The second kappa shape index (κ2) is 12.7. The molecule has 2 N–H and O–H groups in total. The Morgan fingerprint density at radius 1 is 1.08 bits per heavy atom. The molecule has 1 aliphatic rings. The van der Waals surface area contributed by atoms with Crippen molar-refractivity contribution in [3.05, 3.63) is 24.3 Å². The molecule has 0 bridgehead atoms. The largest absolute Gasteiger partial charge is 0.481 e. The Kier molecular flexibility index (Phi) is 10.9. The lowest BCUT2D eigenvalue weighted by Crippen LogP contribution is -2.21. The average molecular weight is 368 g/mol. The molecule has 0 amide bonds. The van der Waals surface area contributed by atoms with Gasteiger partial charge in [-0.05, 0) is 63.2 Å². The highest BCUT2D eigenvalue weighted by molar-refractivity contribution is 5.72. The maximum absolute atomic E-state index is 13.0. The summed E-state index contributed by atoms with van der Waals surface area (Å²) in [5, 5.41) is 18.0. The molecule has 1 fully saturated rings. The fourth-order valence-electron chi connectivity index (χ4n) is 3.81. The Morgan fingerprint density at radius 2 is 1.81 bits per heavy atom. The van der Waals surface area contributed by atoms with Gasteiger partial charge >= 0.3 is 11.9 Å². The van der Waals surface area contributed by atoms with Gasteiger partial charge < -0.3 is 10.2 Å². The molecule has 26 heavy (non-hydrogen) atoms. The maximum atomic E-state index is 13.0. The van der Waals surface area contributed by atoms with E-state index in [9.17, 15) is 19.1 Å². The zero-order valence-corrected chi connectivity index (χ0v) is 15.8. The van der Waals surface area contributed by atoms with Gasteiger partial charge in [0.25, 0.3) is 0 Å². The molecule has 0 aromatic carbocycles. The van der Waals surface area contributed by atoms with Crippen LogP contribution in [0.2, 0.25) is 0 Å². The number of hydrogen-bond acceptors (Lipinski definition) is 2. The monoisotopic (exact) mass is 368 g/mol. The van der Waals surface area contributed by atoms with E-state index in [2.05, 4.69) is 31.2 Å². The lowest BCUT2D eigenvalue weighted by Gasteiger charge is -2.20. The van der Waals surface area contributed by atoms with Crippen LogP contribution in [0.4, 0.5) is 4.39 Å². The third-order valence-electron chi connectivity index (χ3n) is 5.24. The Balaban J connectivity index is 2.42. The van der Waals surface area contributed by atoms with Crippen molar-refractivity contribution in [3.63, 3.8) is 0 Å². The lowest BCUT2D eigenvalue weighted by atomic mass is 9.84. The maximum Gasteiger partial charge on any atom is 0.338 e. The van der Waals surface area contributed by atoms with Crippen molar-refractivity contribution in [2.45, 2.75) is 77.3 Å². The number of carboxylic acid groups (broad SMARTS) is 2. The van der Waals surface area contributed by atoms with E-state index >= 15 is 0 Å². The van der Waals surface area contributed by atoms with Gasteiger partial charge in [-0.25, -0.2) is 9.18 Å². The highest BCUT2D eigenvalue weighted by atomic mass is 19.1. The standard InChI is InChI=1S/C21H33FO4/c1-2-3-4-5-6-8-11-16-14-15-18(20(23)24)17(16)12-9-7-10-13-19(22)21(25)26/h3-4,8,11,16-19H,2,5-7,9-10,12-15H2,1H3,(H,23,24)(H,25,26)/t16-,17+,18?,19?/m0/s1. The number of allylic oxidation sites excluding steroid dienone is 4. The lowest BCUT2D eigenvalue weighted by molar-refractivity contribution is -0.144. The molecule has 5 heteroatoms. The normalized spacial score (nSPS) is 24.5. The van der Waals surface area contributed by atoms with E-state index in [1.54, 1.807) is 0 Å². The molecule has 1 aliphatic carbocycles. The third kappa shape index (κ3) is 8.15. The number of carboxylic acids is 2. The van der Waals surface area contributed by atoms with Crippen LogP contribution in [0.15, 0.2) is 24.3 Å². The minimum atomic E-state index is -1.79. The van der Waals surface area contributed by atoms with Crippen LogP contribution in [-0.2, 0) is 9.59 Å². The molecule has 148 valence electrons. The van der Waals surface area contributed by atoms with Crippen molar-refractivity contribution in [1.29, 1.82) is 0 Å². The summed E-state index contributed by atoms with van der Waals surface area (Å²) in [5.41, 5.74) is 0. The molecule has 4 nitrogen and oxygen atoms in total. The van der Waals surface area contributed by atoms with E-state index < -0.39 is 18.1 Å². The van der Waals surface area contributed by atoms with Gasteiger partial charge in [0.1, 0.15) is 0 Å². The van der Waals surface area contributed by atoms with Crippen LogP contribution in [0.25, 0.3) is 0 Å². The van der Waals surface area contributed by atoms with Gasteiger partial charge in [0, 0.05) is 0 Å². The Bertz CT molecular complexity index is 486. The fourth-order valence-corrected chi connectivity index (χ4v) is 3.81. The minimum Gasteiger partial charge on any atom is -0.481 e. The van der Waals surface area contributed by atoms with Crippen molar-refractivity contribution in [2.75, 3.05) is 0 Å². The molecular formula is C21H33FO4. The molecule has 0 heterocycles. The van der Waals surface area contributed by atoms with Crippen molar-refractivity contribution < 1.29 is 24.2 Å². The molecule has 0 aliphatic heterocycles. The summed E-state index contributed by atoms with van der Waals surface area (Å²) in [6.45, 7) is 2.11. The van der Waals surface area contributed by atoms with Crippen LogP contribution in [0.5, 0.6) is 0 Å². The first kappa shape index (κ1) is 22.4. The number of rotatable bonds is 13. The summed E-state index contributed by atoms with van der Waals surface area (Å²) in [5.74, 6) is -1.97. The van der Waals surface area contributed by atoms with Crippen LogP contribution in [0, 0.1) is 17.8 Å². The zero-order chi connectivity index (χ0) is 19.4. The van der Waals surface area contributed by atoms with E-state index in [1.807, 2.05) is 0 Å². The number of alkyl halides is 1. The zero-order valence-electron chi connectivity index (χ0n) is 15.8. The van der Waals surface area contributed by atoms with Gasteiger partial charge in [-0.1, -0.05) is 44.1 Å². The van der Waals surface area contributed by atoms with E-state index in [1.165, 1.54) is 0 Å². The molecule has 0 saturated heterocycles. The van der Waals surface area contributed by atoms with Gasteiger partial charge in [-0.15, -0.1) is 0 Å². The van der Waals surface area contributed by atoms with Crippen LogP contribution in [0.1, 0.15) is 71.1 Å². The Hall–Kier alpha value is -1.65. The predicted octanol–water partition coefficient (Wildman–Crippen LogP) is 5.39. The first-order valence-electron chi connectivity index (χ1n) is 9.88. The summed E-state index contributed by atoms with van der Waals surface area (Å²) in [6, 6.07) is 0. The summed E-state index contributed by atoms with van der Waals surface area (Å²) in [7, 11) is 0. The highest BCUT2D eigenvalue weighted by Crippen LogP contribution is 2.41. The van der Waals surface area contributed by atoms with Crippen molar-refractivity contribution in [2.24, 2.45) is 17.8 Å². The van der Waals surface area contributed by atoms with Crippen molar-refractivity contribution >= 4 is 11.9 Å². The summed E-state index contributed by atoms with van der Waals surface area (Å²) < 4.78 is 13.0. The van der Waals surface area contributed by atoms with Gasteiger partial charge in [0.2, 0.25) is 0 Å². The average Bonchev–Trinajstić information content (AvgIpc) is 3.00. The van der Waals surface area contributed by atoms with E-state index in [4.69, 9.17) is 5.11 Å². The Labute approximate surface area is 156 Å². The third-order valence-corrected chi connectivity index (χ3v) is 5.24. The SMILES string of the molecule is CCC=CCCC=C[C@H]1CCC(C(=O)O)[C@@H]1CCCCCC(F)C(=O)O. The molecule has 1 rings (SSSR count).